The summed E-state index contributed by atoms with van der Waals surface area (Å²) in [4.78, 5) is 0. The maximum absolute atomic E-state index is 11.4. The van der Waals surface area contributed by atoms with Gasteiger partial charge in [0.15, 0.2) is 0 Å². The van der Waals surface area contributed by atoms with Crippen molar-refractivity contribution in [3.8, 4) is 0 Å². The third-order valence-electron chi connectivity index (χ3n) is 2.16. The van der Waals surface area contributed by atoms with Crippen molar-refractivity contribution >= 4 is 26.0 Å². The van der Waals surface area contributed by atoms with Crippen molar-refractivity contribution < 1.29 is 13.2 Å². The highest BCUT2D eigenvalue weighted by Crippen LogP contribution is 2.07. The van der Waals surface area contributed by atoms with E-state index in [4.69, 9.17) is 4.74 Å². The molecule has 0 radical (unpaired) electrons. The van der Waals surface area contributed by atoms with E-state index >= 15 is 0 Å². The van der Waals surface area contributed by atoms with Gasteiger partial charge in [0, 0.05) is 18.5 Å². The third-order valence-corrected chi connectivity index (χ3v) is 4.61. The number of hydrogen-bond donors (Lipinski definition) is 1. The zero-order chi connectivity index (χ0) is 12.4. The quantitative estimate of drug-likeness (QED) is 0.493. The lowest BCUT2D eigenvalue weighted by Gasteiger charge is -2.09. The van der Waals surface area contributed by atoms with Gasteiger partial charge in [-0.2, -0.15) is 0 Å². The molecule has 1 unspecified atom stereocenters. The molecular weight excluding hydrogens is 294 g/mol. The highest BCUT2D eigenvalue weighted by molar-refractivity contribution is 9.09. The molecule has 1 atom stereocenters. The van der Waals surface area contributed by atoms with Gasteiger partial charge in [0.25, 0.3) is 0 Å². The maximum atomic E-state index is 11.4. The van der Waals surface area contributed by atoms with E-state index in [2.05, 4.69) is 27.6 Å². The summed E-state index contributed by atoms with van der Waals surface area (Å²) in [6, 6.07) is 0. The van der Waals surface area contributed by atoms with E-state index < -0.39 is 10.0 Å². The summed E-state index contributed by atoms with van der Waals surface area (Å²) in [5.41, 5.74) is 0. The molecular formula is C10H22BrNO3S. The van der Waals surface area contributed by atoms with E-state index in [0.717, 1.165) is 18.2 Å². The summed E-state index contributed by atoms with van der Waals surface area (Å²) in [7, 11) is -3.15. The summed E-state index contributed by atoms with van der Waals surface area (Å²) in [6.07, 6.45) is 1.90. The topological polar surface area (TPSA) is 55.4 Å². The summed E-state index contributed by atoms with van der Waals surface area (Å²) < 4.78 is 30.4. The van der Waals surface area contributed by atoms with Gasteiger partial charge >= 0.3 is 0 Å². The van der Waals surface area contributed by atoms with Gasteiger partial charge in [-0.3, -0.25) is 0 Å². The van der Waals surface area contributed by atoms with Crippen LogP contribution in [0.15, 0.2) is 0 Å². The zero-order valence-electron chi connectivity index (χ0n) is 10.0. The summed E-state index contributed by atoms with van der Waals surface area (Å²) >= 11 is 3.39. The molecule has 98 valence electrons. The number of halogens is 1. The van der Waals surface area contributed by atoms with Crippen molar-refractivity contribution in [2.45, 2.75) is 26.7 Å². The average Bonchev–Trinajstić information content (AvgIpc) is 2.24. The lowest BCUT2D eigenvalue weighted by atomic mass is 10.1. The molecule has 0 rings (SSSR count). The second kappa shape index (κ2) is 9.39. The van der Waals surface area contributed by atoms with E-state index in [1.807, 2.05) is 6.92 Å². The minimum absolute atomic E-state index is 0.0504. The fraction of sp³-hybridized carbons (Fsp3) is 1.00. The van der Waals surface area contributed by atoms with Gasteiger partial charge in [-0.1, -0.05) is 22.9 Å². The predicted octanol–water partition coefficient (Wildman–Crippen LogP) is 1.75. The molecule has 0 aliphatic carbocycles. The first-order valence-electron chi connectivity index (χ1n) is 5.63. The minimum Gasteiger partial charge on any atom is -0.381 e. The number of ether oxygens (including phenoxy) is 1. The molecule has 0 heterocycles. The van der Waals surface area contributed by atoms with E-state index in [1.165, 1.54) is 0 Å². The van der Waals surface area contributed by atoms with Crippen molar-refractivity contribution in [1.29, 1.82) is 0 Å². The van der Waals surface area contributed by atoms with Crippen LogP contribution < -0.4 is 4.72 Å². The summed E-state index contributed by atoms with van der Waals surface area (Å²) in [5, 5.41) is 0.962. The Hall–Kier alpha value is 0.350. The molecule has 1 N–H and O–H groups in total. The van der Waals surface area contributed by atoms with Crippen molar-refractivity contribution in [3.05, 3.63) is 0 Å². The Balaban J connectivity index is 3.58. The standard InChI is InChI=1S/C10H22BrNO3S/c1-3-15-7-8-16(13,14)12-6-4-5-10(2)9-11/h10,12H,3-9H2,1-2H3. The van der Waals surface area contributed by atoms with Gasteiger partial charge in [0.05, 0.1) is 12.4 Å². The fourth-order valence-corrected chi connectivity index (χ4v) is 2.40. The Bertz CT molecular complexity index is 257. The minimum atomic E-state index is -3.15. The van der Waals surface area contributed by atoms with Crippen LogP contribution in [-0.2, 0) is 14.8 Å². The molecule has 0 bridgehead atoms. The number of alkyl halides is 1. The Morgan fingerprint density at radius 1 is 1.44 bits per heavy atom. The van der Waals surface area contributed by atoms with Gasteiger partial charge in [0.1, 0.15) is 0 Å². The predicted molar refractivity (Wildman–Crippen MR) is 70.5 cm³/mol. The van der Waals surface area contributed by atoms with E-state index in [0.29, 0.717) is 19.1 Å². The molecule has 0 spiro atoms. The van der Waals surface area contributed by atoms with E-state index in [9.17, 15) is 8.42 Å². The van der Waals surface area contributed by atoms with Crippen LogP contribution in [0.4, 0.5) is 0 Å². The monoisotopic (exact) mass is 315 g/mol. The average molecular weight is 316 g/mol. The SMILES string of the molecule is CCOCCS(=O)(=O)NCCCC(C)CBr. The number of hydrogen-bond acceptors (Lipinski definition) is 3. The van der Waals surface area contributed by atoms with Crippen LogP contribution in [0.2, 0.25) is 0 Å². The molecule has 0 saturated carbocycles. The normalized spacial score (nSPS) is 13.9. The summed E-state index contributed by atoms with van der Waals surface area (Å²) in [6.45, 7) is 5.33. The van der Waals surface area contributed by atoms with Crippen molar-refractivity contribution in [2.75, 3.05) is 30.8 Å². The maximum Gasteiger partial charge on any atom is 0.213 e. The van der Waals surface area contributed by atoms with Gasteiger partial charge in [-0.05, 0) is 25.7 Å². The Morgan fingerprint density at radius 2 is 2.12 bits per heavy atom. The van der Waals surface area contributed by atoms with Crippen LogP contribution in [0.5, 0.6) is 0 Å². The van der Waals surface area contributed by atoms with Gasteiger partial charge in [0.2, 0.25) is 10.0 Å². The van der Waals surface area contributed by atoms with Crippen molar-refractivity contribution in [1.82, 2.24) is 4.72 Å². The molecule has 0 fully saturated rings. The second-order valence-electron chi connectivity index (χ2n) is 3.81. The zero-order valence-corrected chi connectivity index (χ0v) is 12.4. The van der Waals surface area contributed by atoms with Crippen molar-refractivity contribution in [2.24, 2.45) is 5.92 Å². The first-order valence-corrected chi connectivity index (χ1v) is 8.40. The fourth-order valence-electron chi connectivity index (χ4n) is 1.14. The Morgan fingerprint density at radius 3 is 2.69 bits per heavy atom. The van der Waals surface area contributed by atoms with Crippen LogP contribution in [0.1, 0.15) is 26.7 Å². The largest absolute Gasteiger partial charge is 0.381 e. The molecule has 0 aliphatic heterocycles. The Labute approximate surface area is 107 Å². The highest BCUT2D eigenvalue weighted by atomic mass is 79.9. The molecule has 0 amide bonds. The molecule has 0 aromatic rings. The van der Waals surface area contributed by atoms with Gasteiger partial charge in [-0.25, -0.2) is 13.1 Å². The lowest BCUT2D eigenvalue weighted by Crippen LogP contribution is -2.29. The van der Waals surface area contributed by atoms with Crippen LogP contribution in [0, 0.1) is 5.92 Å². The lowest BCUT2D eigenvalue weighted by molar-refractivity contribution is 0.163. The molecule has 0 aliphatic rings. The number of nitrogens with one attached hydrogen (secondary N) is 1. The molecule has 0 aromatic heterocycles. The smallest absolute Gasteiger partial charge is 0.213 e. The van der Waals surface area contributed by atoms with Crippen LogP contribution >= 0.6 is 15.9 Å². The van der Waals surface area contributed by atoms with E-state index in [1.54, 1.807) is 0 Å². The number of rotatable bonds is 10. The number of sulfonamides is 1. The molecule has 6 heteroatoms. The summed E-state index contributed by atoms with van der Waals surface area (Å²) in [5.74, 6) is 0.641. The molecule has 0 aromatic carbocycles. The van der Waals surface area contributed by atoms with Crippen LogP contribution in [0.25, 0.3) is 0 Å². The van der Waals surface area contributed by atoms with Crippen molar-refractivity contribution in [3.63, 3.8) is 0 Å². The highest BCUT2D eigenvalue weighted by Gasteiger charge is 2.09. The third kappa shape index (κ3) is 9.57. The molecule has 16 heavy (non-hydrogen) atoms. The van der Waals surface area contributed by atoms with E-state index in [-0.39, 0.29) is 12.4 Å². The first-order chi connectivity index (χ1) is 7.52. The molecule has 4 nitrogen and oxygen atoms in total. The van der Waals surface area contributed by atoms with Gasteiger partial charge in [-0.15, -0.1) is 0 Å². The van der Waals surface area contributed by atoms with Crippen LogP contribution in [0.3, 0.4) is 0 Å². The second-order valence-corrected chi connectivity index (χ2v) is 6.39. The van der Waals surface area contributed by atoms with Crippen LogP contribution in [-0.4, -0.2) is 39.3 Å². The first kappa shape index (κ1) is 16.4. The molecule has 0 saturated heterocycles. The Kier molecular flexibility index (Phi) is 9.59. The van der Waals surface area contributed by atoms with Gasteiger partial charge < -0.3 is 4.74 Å².